The van der Waals surface area contributed by atoms with Crippen molar-refractivity contribution in [1.29, 1.82) is 0 Å². The summed E-state index contributed by atoms with van der Waals surface area (Å²) in [5, 5.41) is 3.56. The number of benzene rings is 3. The van der Waals surface area contributed by atoms with Gasteiger partial charge in [0.25, 0.3) is 5.91 Å². The highest BCUT2D eigenvalue weighted by molar-refractivity contribution is 6.12. The van der Waals surface area contributed by atoms with E-state index in [2.05, 4.69) is 19.2 Å². The number of anilines is 2. The molecule has 0 spiro atoms. The Hall–Kier alpha value is -3.86. The minimum atomic E-state index is -0.569. The lowest BCUT2D eigenvalue weighted by Crippen LogP contribution is -2.39. The van der Waals surface area contributed by atoms with Gasteiger partial charge in [-0.1, -0.05) is 56.3 Å². The Bertz CT molecular complexity index is 1320. The Morgan fingerprint density at radius 3 is 2.31 bits per heavy atom. The van der Waals surface area contributed by atoms with Gasteiger partial charge in [-0.2, -0.15) is 0 Å². The van der Waals surface area contributed by atoms with Crippen molar-refractivity contribution in [2.75, 3.05) is 10.2 Å². The normalized spacial score (nSPS) is 18.8. The molecule has 1 unspecified atom stereocenters. The van der Waals surface area contributed by atoms with Gasteiger partial charge in [0, 0.05) is 23.3 Å². The van der Waals surface area contributed by atoms with Gasteiger partial charge in [-0.05, 0) is 67.6 Å². The van der Waals surface area contributed by atoms with Gasteiger partial charge in [0.15, 0.2) is 5.78 Å². The molecule has 0 fully saturated rings. The van der Waals surface area contributed by atoms with Crippen LogP contribution in [0.4, 0.5) is 11.4 Å². The number of hydrogen-bond acceptors (Lipinski definition) is 4. The summed E-state index contributed by atoms with van der Waals surface area (Å²) in [6.45, 7) is 8.21. The van der Waals surface area contributed by atoms with E-state index in [0.717, 1.165) is 34.8 Å². The molecule has 5 rings (SSSR count). The maximum atomic E-state index is 14.2. The fraction of sp³-hybridized carbons (Fsp3) is 0.290. The molecular formula is C31H32N2O3. The Kier molecular flexibility index (Phi) is 6.17. The van der Waals surface area contributed by atoms with Gasteiger partial charge in [0.1, 0.15) is 5.75 Å². The number of allylic oxidation sites excluding steroid dienone is 1. The molecule has 0 saturated carbocycles. The summed E-state index contributed by atoms with van der Waals surface area (Å²) in [5.74, 6) is 0.677. The summed E-state index contributed by atoms with van der Waals surface area (Å²) in [6, 6.07) is 24.3. The van der Waals surface area contributed by atoms with Crippen LogP contribution in [0.25, 0.3) is 0 Å². The second-order valence-corrected chi connectivity index (χ2v) is 10.7. The van der Waals surface area contributed by atoms with E-state index >= 15 is 0 Å². The summed E-state index contributed by atoms with van der Waals surface area (Å²) in [6.07, 6.45) is 1.21. The molecule has 1 atom stereocenters. The number of ketones is 1. The molecule has 3 aromatic carbocycles. The quantitative estimate of drug-likeness (QED) is 0.440. The predicted octanol–water partition coefficient (Wildman–Crippen LogP) is 6.93. The lowest BCUT2D eigenvalue weighted by molar-refractivity contribution is -0.118. The Morgan fingerprint density at radius 2 is 1.61 bits per heavy atom. The van der Waals surface area contributed by atoms with Crippen molar-refractivity contribution in [1.82, 2.24) is 0 Å². The zero-order chi connectivity index (χ0) is 25.4. The standard InChI is InChI=1S/C31H32N2O3/c1-20(2)36-23-16-14-21(15-17-23)29-28-25(18-31(3,4)19-27(28)34)32-24-12-8-9-13-26(24)33(29)30(35)22-10-6-5-7-11-22/h5-17,20,29,32H,18-19H2,1-4H3. The average molecular weight is 481 g/mol. The van der Waals surface area contributed by atoms with Crippen molar-refractivity contribution in [3.8, 4) is 5.75 Å². The molecule has 0 aromatic heterocycles. The predicted molar refractivity (Wildman–Crippen MR) is 143 cm³/mol. The fourth-order valence-corrected chi connectivity index (χ4v) is 5.25. The minimum absolute atomic E-state index is 0.0532. The van der Waals surface area contributed by atoms with Gasteiger partial charge in [0.2, 0.25) is 0 Å². The van der Waals surface area contributed by atoms with Crippen molar-refractivity contribution in [3.63, 3.8) is 0 Å². The zero-order valence-corrected chi connectivity index (χ0v) is 21.2. The summed E-state index contributed by atoms with van der Waals surface area (Å²) in [5.41, 5.74) is 4.39. The molecule has 2 aliphatic rings. The summed E-state index contributed by atoms with van der Waals surface area (Å²) < 4.78 is 5.86. The third-order valence-corrected chi connectivity index (χ3v) is 6.71. The van der Waals surface area contributed by atoms with Crippen LogP contribution in [0, 0.1) is 5.41 Å². The van der Waals surface area contributed by atoms with Crippen molar-refractivity contribution >= 4 is 23.1 Å². The van der Waals surface area contributed by atoms with E-state index in [0.29, 0.717) is 17.6 Å². The summed E-state index contributed by atoms with van der Waals surface area (Å²) in [7, 11) is 0. The van der Waals surface area contributed by atoms with Gasteiger partial charge >= 0.3 is 0 Å². The van der Waals surface area contributed by atoms with Crippen LogP contribution in [0.2, 0.25) is 0 Å². The second-order valence-electron chi connectivity index (χ2n) is 10.7. The molecule has 0 radical (unpaired) electrons. The van der Waals surface area contributed by atoms with Crippen molar-refractivity contribution < 1.29 is 14.3 Å². The third kappa shape index (κ3) is 4.53. The number of ether oxygens (including phenoxy) is 1. The smallest absolute Gasteiger partial charge is 0.259 e. The van der Waals surface area contributed by atoms with E-state index in [1.807, 2.05) is 92.7 Å². The number of para-hydroxylation sites is 2. The molecule has 1 N–H and O–H groups in total. The van der Waals surface area contributed by atoms with Crippen molar-refractivity contribution in [2.24, 2.45) is 5.41 Å². The van der Waals surface area contributed by atoms with Crippen molar-refractivity contribution in [2.45, 2.75) is 52.7 Å². The fourth-order valence-electron chi connectivity index (χ4n) is 5.25. The van der Waals surface area contributed by atoms with Gasteiger partial charge < -0.3 is 10.1 Å². The SMILES string of the molecule is CC(C)Oc1ccc(C2C3=C(CC(C)(C)CC3=O)Nc3ccccc3N2C(=O)c2ccccc2)cc1. The second kappa shape index (κ2) is 9.30. The lowest BCUT2D eigenvalue weighted by Gasteiger charge is -2.37. The highest BCUT2D eigenvalue weighted by Crippen LogP contribution is 2.48. The number of carbonyl (C=O) groups excluding carboxylic acids is 2. The molecule has 1 heterocycles. The molecule has 5 heteroatoms. The number of nitrogens with one attached hydrogen (secondary N) is 1. The number of fused-ring (bicyclic) bond motifs is 1. The van der Waals surface area contributed by atoms with Crippen LogP contribution < -0.4 is 15.0 Å². The molecule has 36 heavy (non-hydrogen) atoms. The number of carbonyl (C=O) groups is 2. The number of nitrogens with zero attached hydrogens (tertiary/aromatic N) is 1. The molecule has 3 aromatic rings. The molecule has 5 nitrogen and oxygen atoms in total. The number of hydrogen-bond donors (Lipinski definition) is 1. The topological polar surface area (TPSA) is 58.6 Å². The molecule has 1 amide bonds. The minimum Gasteiger partial charge on any atom is -0.491 e. The maximum absolute atomic E-state index is 14.2. The third-order valence-electron chi connectivity index (χ3n) is 6.71. The first-order valence-electron chi connectivity index (χ1n) is 12.5. The van der Waals surface area contributed by atoms with E-state index in [9.17, 15) is 9.59 Å². The Morgan fingerprint density at radius 1 is 0.944 bits per heavy atom. The molecular weight excluding hydrogens is 448 g/mol. The number of amides is 1. The molecule has 0 saturated heterocycles. The number of rotatable bonds is 4. The van der Waals surface area contributed by atoms with Gasteiger partial charge in [-0.3, -0.25) is 14.5 Å². The zero-order valence-electron chi connectivity index (χ0n) is 21.2. The van der Waals surface area contributed by atoms with E-state index in [1.165, 1.54) is 0 Å². The monoisotopic (exact) mass is 480 g/mol. The Balaban J connectivity index is 1.74. The molecule has 0 bridgehead atoms. The van der Waals surface area contributed by atoms with Gasteiger partial charge in [-0.15, -0.1) is 0 Å². The van der Waals surface area contributed by atoms with E-state index in [4.69, 9.17) is 4.74 Å². The first kappa shape index (κ1) is 23.9. The van der Waals surface area contributed by atoms with Gasteiger partial charge in [-0.25, -0.2) is 0 Å². The van der Waals surface area contributed by atoms with Crippen LogP contribution in [0.15, 0.2) is 90.1 Å². The van der Waals surface area contributed by atoms with Crippen LogP contribution in [0.1, 0.15) is 62.5 Å². The lowest BCUT2D eigenvalue weighted by atomic mass is 9.73. The highest BCUT2D eigenvalue weighted by atomic mass is 16.5. The van der Waals surface area contributed by atoms with Crippen LogP contribution >= 0.6 is 0 Å². The largest absolute Gasteiger partial charge is 0.491 e. The summed E-state index contributed by atoms with van der Waals surface area (Å²) in [4.78, 5) is 29.7. The number of Topliss-reactive ketones (excluding diaryl/α,β-unsaturated/α-hetero) is 1. The first-order valence-corrected chi connectivity index (χ1v) is 12.5. The van der Waals surface area contributed by atoms with E-state index in [-0.39, 0.29) is 23.2 Å². The molecule has 1 aliphatic carbocycles. The first-order chi connectivity index (χ1) is 17.2. The van der Waals surface area contributed by atoms with E-state index in [1.54, 1.807) is 4.90 Å². The maximum Gasteiger partial charge on any atom is 0.259 e. The Labute approximate surface area is 212 Å². The highest BCUT2D eigenvalue weighted by Gasteiger charge is 2.43. The van der Waals surface area contributed by atoms with Gasteiger partial charge in [0.05, 0.1) is 23.5 Å². The van der Waals surface area contributed by atoms with Crippen molar-refractivity contribution in [3.05, 3.63) is 101 Å². The van der Waals surface area contributed by atoms with Crippen LogP contribution in [-0.2, 0) is 4.79 Å². The van der Waals surface area contributed by atoms with E-state index < -0.39 is 6.04 Å². The van der Waals surface area contributed by atoms with Crippen LogP contribution in [-0.4, -0.2) is 17.8 Å². The molecule has 1 aliphatic heterocycles. The average Bonchev–Trinajstić information content (AvgIpc) is 2.98. The molecule has 184 valence electrons. The van der Waals surface area contributed by atoms with Crippen LogP contribution in [0.5, 0.6) is 5.75 Å². The summed E-state index contributed by atoms with van der Waals surface area (Å²) >= 11 is 0. The van der Waals surface area contributed by atoms with Crippen LogP contribution in [0.3, 0.4) is 0 Å².